The van der Waals surface area contributed by atoms with E-state index < -0.39 is 18.1 Å². The van der Waals surface area contributed by atoms with Crippen LogP contribution in [-0.2, 0) is 9.59 Å². The Morgan fingerprint density at radius 1 is 1.30 bits per heavy atom. The average molecular weight is 330 g/mol. The van der Waals surface area contributed by atoms with Crippen molar-refractivity contribution in [2.24, 2.45) is 0 Å². The standard InChI is InChI=1S/C12H12N2O2.C2HF3O2/c1-9(8-12(15)16)14-7-6-10-4-2-3-5-11(10)13-14;3-2(4,5)1(6)7/h2-7,9H,8H2,1H3;(H,6,7). The fourth-order valence-electron chi connectivity index (χ4n) is 1.63. The first-order valence-electron chi connectivity index (χ1n) is 6.38. The van der Waals surface area contributed by atoms with E-state index in [1.165, 1.54) is 0 Å². The van der Waals surface area contributed by atoms with Crippen LogP contribution in [0.3, 0.4) is 0 Å². The summed E-state index contributed by atoms with van der Waals surface area (Å²) in [4.78, 5) is 19.4. The predicted octanol–water partition coefficient (Wildman–Crippen LogP) is 0.857. The van der Waals surface area contributed by atoms with Crippen molar-refractivity contribution in [3.8, 4) is 0 Å². The van der Waals surface area contributed by atoms with Gasteiger partial charge >= 0.3 is 12.1 Å². The third-order valence-corrected chi connectivity index (χ3v) is 2.72. The van der Waals surface area contributed by atoms with E-state index in [0.29, 0.717) is 0 Å². The number of hydrogen-bond donors (Lipinski definition) is 1. The van der Waals surface area contributed by atoms with E-state index >= 15 is 0 Å². The molecule has 23 heavy (non-hydrogen) atoms. The molecule has 1 aromatic heterocycles. The molecule has 0 aliphatic rings. The Balaban J connectivity index is 0.000000322. The van der Waals surface area contributed by atoms with Gasteiger partial charge in [-0.3, -0.25) is 4.79 Å². The maximum absolute atomic E-state index is 10.6. The zero-order valence-electron chi connectivity index (χ0n) is 11.9. The molecule has 0 radical (unpaired) electrons. The van der Waals surface area contributed by atoms with Gasteiger partial charge in [0.05, 0.1) is 0 Å². The molecular formula is C14H13F3N2O4. The second-order valence-electron chi connectivity index (χ2n) is 4.59. The maximum atomic E-state index is 10.6. The Morgan fingerprint density at radius 3 is 2.39 bits per heavy atom. The average Bonchev–Trinajstić information content (AvgIpc) is 2.45. The molecule has 0 saturated carbocycles. The van der Waals surface area contributed by atoms with Gasteiger partial charge in [-0.15, -0.1) is 0 Å². The van der Waals surface area contributed by atoms with Crippen molar-refractivity contribution < 1.29 is 37.7 Å². The summed E-state index contributed by atoms with van der Waals surface area (Å²) in [6.45, 7) is 1.84. The number of carboxylic acid groups (broad SMARTS) is 2. The van der Waals surface area contributed by atoms with Crippen LogP contribution in [0.1, 0.15) is 19.4 Å². The third kappa shape index (κ3) is 5.89. The molecule has 6 nitrogen and oxygen atoms in total. The van der Waals surface area contributed by atoms with Crippen LogP contribution in [0.5, 0.6) is 0 Å². The molecule has 0 bridgehead atoms. The summed E-state index contributed by atoms with van der Waals surface area (Å²) in [5.74, 6) is -3.82. The molecule has 0 fully saturated rings. The minimum atomic E-state index is -5.19. The zero-order valence-corrected chi connectivity index (χ0v) is 11.9. The van der Waals surface area contributed by atoms with E-state index in [0.717, 1.165) is 10.9 Å². The molecule has 1 aromatic carbocycles. The number of rotatable bonds is 3. The number of nitrogens with zero attached hydrogens (tertiary/aromatic N) is 2. The van der Waals surface area contributed by atoms with E-state index in [1.807, 2.05) is 43.5 Å². The van der Waals surface area contributed by atoms with Crippen molar-refractivity contribution in [2.75, 3.05) is 0 Å². The third-order valence-electron chi connectivity index (χ3n) is 2.72. The first-order chi connectivity index (χ1) is 10.6. The molecule has 9 heteroatoms. The molecule has 124 valence electrons. The fourth-order valence-corrected chi connectivity index (χ4v) is 1.63. The lowest BCUT2D eigenvalue weighted by atomic mass is 10.2. The van der Waals surface area contributed by atoms with Gasteiger partial charge in [-0.1, -0.05) is 22.9 Å². The van der Waals surface area contributed by atoms with Gasteiger partial charge in [-0.25, -0.2) is 0 Å². The van der Waals surface area contributed by atoms with Gasteiger partial charge < -0.3 is 15.0 Å². The highest BCUT2D eigenvalue weighted by molar-refractivity contribution is 5.76. The van der Waals surface area contributed by atoms with Crippen molar-refractivity contribution in [3.63, 3.8) is 0 Å². The van der Waals surface area contributed by atoms with Crippen LogP contribution < -0.4 is 9.79 Å². The number of benzene rings is 1. The van der Waals surface area contributed by atoms with Crippen molar-refractivity contribution in [1.82, 2.24) is 5.10 Å². The number of carbonyl (C=O) groups is 2. The van der Waals surface area contributed by atoms with Crippen LogP contribution >= 0.6 is 0 Å². The smallest absolute Gasteiger partial charge is 0.430 e. The Morgan fingerprint density at radius 2 is 1.87 bits per heavy atom. The summed E-state index contributed by atoms with van der Waals surface area (Å²) >= 11 is 0. The highest BCUT2D eigenvalue weighted by atomic mass is 19.4. The van der Waals surface area contributed by atoms with Crippen LogP contribution in [-0.4, -0.2) is 28.3 Å². The van der Waals surface area contributed by atoms with Crippen LogP contribution in [0.2, 0.25) is 0 Å². The summed E-state index contributed by atoms with van der Waals surface area (Å²) < 4.78 is 33.2. The maximum Gasteiger partial charge on any atom is 0.430 e. The van der Waals surface area contributed by atoms with E-state index in [9.17, 15) is 18.0 Å². The molecular weight excluding hydrogens is 317 g/mol. The lowest BCUT2D eigenvalue weighted by Gasteiger charge is -2.03. The summed E-state index contributed by atoms with van der Waals surface area (Å²) in [7, 11) is 0. The highest BCUT2D eigenvalue weighted by Gasteiger charge is 2.28. The number of fused-ring (bicyclic) bond motifs is 1. The molecule has 0 aliphatic carbocycles. The molecule has 1 heterocycles. The first kappa shape index (κ1) is 18.3. The predicted molar refractivity (Wildman–Crippen MR) is 70.0 cm³/mol. The Bertz CT molecular complexity index is 704. The number of aromatic nitrogens is 2. The molecule has 0 spiro atoms. The largest absolute Gasteiger partial charge is 0.542 e. The fraction of sp³-hybridized carbons (Fsp3) is 0.286. The number of carbonyl (C=O) groups excluding carboxylic acids is 1. The number of carboxylic acids is 2. The summed E-state index contributed by atoms with van der Waals surface area (Å²) in [5.41, 5.74) is 0.877. The molecule has 1 atom stereocenters. The van der Waals surface area contributed by atoms with Crippen LogP contribution in [0.4, 0.5) is 13.2 Å². The van der Waals surface area contributed by atoms with Gasteiger partial charge in [0.15, 0.2) is 12.2 Å². The Labute approximate surface area is 128 Å². The molecule has 0 amide bonds. The normalized spacial score (nSPS) is 12.2. The molecule has 1 unspecified atom stereocenters. The van der Waals surface area contributed by atoms with Gasteiger partial charge in [0, 0.05) is 23.5 Å². The topological polar surface area (TPSA) is 94.2 Å². The van der Waals surface area contributed by atoms with Crippen LogP contribution in [0.15, 0.2) is 36.5 Å². The first-order valence-corrected chi connectivity index (χ1v) is 6.38. The lowest BCUT2D eigenvalue weighted by molar-refractivity contribution is -0.771. The minimum Gasteiger partial charge on any atom is -0.542 e. The summed E-state index contributed by atoms with van der Waals surface area (Å²) in [6, 6.07) is 9.58. The molecule has 2 rings (SSSR count). The Kier molecular flexibility index (Phi) is 6.00. The summed E-state index contributed by atoms with van der Waals surface area (Å²) in [6.07, 6.45) is -3.30. The van der Waals surface area contributed by atoms with E-state index in [1.54, 1.807) is 4.68 Å². The second-order valence-corrected chi connectivity index (χ2v) is 4.59. The molecule has 1 N–H and O–H groups in total. The van der Waals surface area contributed by atoms with Crippen molar-refractivity contribution >= 4 is 22.8 Å². The minimum absolute atomic E-state index is 0.0794. The van der Waals surface area contributed by atoms with E-state index in [4.69, 9.17) is 15.0 Å². The summed E-state index contributed by atoms with van der Waals surface area (Å²) in [5, 5.41) is 22.9. The molecule has 2 aromatic rings. The lowest BCUT2D eigenvalue weighted by Crippen LogP contribution is -2.42. The monoisotopic (exact) mass is 330 g/mol. The highest BCUT2D eigenvalue weighted by Crippen LogP contribution is 2.11. The van der Waals surface area contributed by atoms with Crippen molar-refractivity contribution in [3.05, 3.63) is 36.5 Å². The second kappa shape index (κ2) is 7.52. The molecule has 0 saturated heterocycles. The van der Waals surface area contributed by atoms with Gasteiger partial charge in [0.2, 0.25) is 0 Å². The molecule has 0 aliphatic heterocycles. The van der Waals surface area contributed by atoms with Crippen molar-refractivity contribution in [1.29, 1.82) is 0 Å². The number of aliphatic carboxylic acids is 2. The van der Waals surface area contributed by atoms with Gasteiger partial charge in [0.1, 0.15) is 17.9 Å². The SMILES string of the molecule is CC(CC(=O)O)[n+]1ccc2ccccc2n1.O=C([O-])C(F)(F)F. The quantitative estimate of drug-likeness (QED) is 0.842. The van der Waals surface area contributed by atoms with E-state index in [-0.39, 0.29) is 12.5 Å². The van der Waals surface area contributed by atoms with Crippen LogP contribution in [0.25, 0.3) is 10.9 Å². The Hall–Kier alpha value is -2.71. The van der Waals surface area contributed by atoms with E-state index in [2.05, 4.69) is 5.10 Å². The zero-order chi connectivity index (χ0) is 17.6. The number of hydrogen-bond acceptors (Lipinski definition) is 4. The van der Waals surface area contributed by atoms with Crippen molar-refractivity contribution in [2.45, 2.75) is 25.6 Å². The van der Waals surface area contributed by atoms with Crippen LogP contribution in [0, 0.1) is 0 Å². The van der Waals surface area contributed by atoms with Gasteiger partial charge in [-0.2, -0.15) is 13.2 Å². The van der Waals surface area contributed by atoms with Gasteiger partial charge in [0.25, 0.3) is 0 Å². The van der Waals surface area contributed by atoms with Gasteiger partial charge in [-0.05, 0) is 6.07 Å². The number of halogens is 3. The number of alkyl halides is 3.